The quantitative estimate of drug-likeness (QED) is 0.917. The van der Waals surface area contributed by atoms with Crippen molar-refractivity contribution in [1.29, 1.82) is 0 Å². The summed E-state index contributed by atoms with van der Waals surface area (Å²) in [7, 11) is 1.73. The van der Waals surface area contributed by atoms with Crippen LogP contribution in [0.1, 0.15) is 29.4 Å². The lowest BCUT2D eigenvalue weighted by Crippen LogP contribution is -2.27. The van der Waals surface area contributed by atoms with Crippen molar-refractivity contribution in [3.8, 4) is 0 Å². The summed E-state index contributed by atoms with van der Waals surface area (Å²) in [6.45, 7) is 4.93. The first-order valence-corrected chi connectivity index (χ1v) is 7.04. The lowest BCUT2D eigenvalue weighted by atomic mass is 10.2. The fraction of sp³-hybridized carbons (Fsp3) is 0.312. The fourth-order valence-corrected chi connectivity index (χ4v) is 1.85. The molecule has 0 unspecified atom stereocenters. The fourth-order valence-electron chi connectivity index (χ4n) is 1.85. The highest BCUT2D eigenvalue weighted by atomic mass is 16.2. The van der Waals surface area contributed by atoms with Gasteiger partial charge >= 0.3 is 0 Å². The van der Waals surface area contributed by atoms with Gasteiger partial charge in [0.1, 0.15) is 5.82 Å². The molecule has 0 saturated carbocycles. The van der Waals surface area contributed by atoms with E-state index in [-0.39, 0.29) is 5.91 Å². The first-order valence-electron chi connectivity index (χ1n) is 7.04. The number of carbonyl (C=O) groups excluding carboxylic acids is 1. The minimum absolute atomic E-state index is 0.173. The van der Waals surface area contributed by atoms with Crippen molar-refractivity contribution in [2.45, 2.75) is 20.3 Å². The number of hydrogen-bond acceptors (Lipinski definition) is 4. The van der Waals surface area contributed by atoms with Gasteiger partial charge in [0.15, 0.2) is 5.69 Å². The van der Waals surface area contributed by atoms with Crippen molar-refractivity contribution in [1.82, 2.24) is 10.2 Å². The zero-order valence-electron chi connectivity index (χ0n) is 12.6. The molecule has 0 aliphatic rings. The van der Waals surface area contributed by atoms with Crippen LogP contribution < -0.4 is 10.2 Å². The number of anilines is 2. The molecule has 2 rings (SSSR count). The van der Waals surface area contributed by atoms with Crippen molar-refractivity contribution in [3.05, 3.63) is 47.7 Å². The third kappa shape index (κ3) is 3.78. The van der Waals surface area contributed by atoms with Crippen molar-refractivity contribution in [3.63, 3.8) is 0 Å². The van der Waals surface area contributed by atoms with E-state index < -0.39 is 0 Å². The Bertz CT molecular complexity index is 593. The molecular formula is C16H20N4O. The normalized spacial score (nSPS) is 10.2. The second-order valence-corrected chi connectivity index (χ2v) is 4.93. The van der Waals surface area contributed by atoms with E-state index in [0.717, 1.165) is 24.2 Å². The molecule has 5 nitrogen and oxygen atoms in total. The molecule has 0 aliphatic heterocycles. The summed E-state index contributed by atoms with van der Waals surface area (Å²) in [6, 6.07) is 11.2. The minimum Gasteiger partial charge on any atom is -0.369 e. The molecule has 1 N–H and O–H groups in total. The molecule has 0 spiro atoms. The predicted molar refractivity (Wildman–Crippen MR) is 84.7 cm³/mol. The Kier molecular flexibility index (Phi) is 4.87. The van der Waals surface area contributed by atoms with E-state index in [0.29, 0.717) is 11.5 Å². The lowest BCUT2D eigenvalue weighted by Gasteiger charge is -2.16. The van der Waals surface area contributed by atoms with Gasteiger partial charge in [-0.2, -0.15) is 0 Å². The van der Waals surface area contributed by atoms with Crippen molar-refractivity contribution in [2.24, 2.45) is 0 Å². The van der Waals surface area contributed by atoms with E-state index in [1.54, 1.807) is 24.1 Å². The van der Waals surface area contributed by atoms with Gasteiger partial charge < -0.3 is 10.2 Å². The van der Waals surface area contributed by atoms with Crippen molar-refractivity contribution in [2.75, 3.05) is 23.8 Å². The Morgan fingerprint density at radius 2 is 1.86 bits per heavy atom. The van der Waals surface area contributed by atoms with Gasteiger partial charge in [0.05, 0.1) is 0 Å². The van der Waals surface area contributed by atoms with Crippen LogP contribution in [0, 0.1) is 6.92 Å². The number of carbonyl (C=O) groups is 1. The molecule has 1 aromatic heterocycles. The largest absolute Gasteiger partial charge is 0.369 e. The molecular weight excluding hydrogens is 264 g/mol. The molecule has 1 heterocycles. The number of hydrogen-bond donors (Lipinski definition) is 1. The summed E-state index contributed by atoms with van der Waals surface area (Å²) < 4.78 is 0. The summed E-state index contributed by atoms with van der Waals surface area (Å²) in [6.07, 6.45) is 1.01. The number of nitrogens with one attached hydrogen (secondary N) is 1. The topological polar surface area (TPSA) is 58.1 Å². The third-order valence-electron chi connectivity index (χ3n) is 3.17. The minimum atomic E-state index is -0.173. The van der Waals surface area contributed by atoms with Crippen LogP contribution in [-0.4, -0.2) is 29.7 Å². The van der Waals surface area contributed by atoms with Crippen LogP contribution in [0.3, 0.4) is 0 Å². The van der Waals surface area contributed by atoms with Crippen LogP contribution >= 0.6 is 0 Å². The first-order chi connectivity index (χ1) is 10.1. The number of aryl methyl sites for hydroxylation is 1. The van der Waals surface area contributed by atoms with Crippen molar-refractivity contribution < 1.29 is 4.79 Å². The summed E-state index contributed by atoms with van der Waals surface area (Å²) in [4.78, 5) is 13.9. The Labute approximate surface area is 125 Å². The summed E-state index contributed by atoms with van der Waals surface area (Å²) in [5, 5.41) is 11.1. The lowest BCUT2D eigenvalue weighted by molar-refractivity contribution is 0.0987. The Balaban J connectivity index is 2.10. The van der Waals surface area contributed by atoms with E-state index in [4.69, 9.17) is 0 Å². The van der Waals surface area contributed by atoms with Crippen LogP contribution in [-0.2, 0) is 0 Å². The molecule has 1 aromatic carbocycles. The zero-order valence-corrected chi connectivity index (χ0v) is 12.6. The molecule has 0 atom stereocenters. The van der Waals surface area contributed by atoms with Gasteiger partial charge in [0.25, 0.3) is 5.91 Å². The second-order valence-electron chi connectivity index (χ2n) is 4.93. The number of benzene rings is 1. The van der Waals surface area contributed by atoms with Gasteiger partial charge in [-0.1, -0.05) is 24.6 Å². The zero-order chi connectivity index (χ0) is 15.2. The second kappa shape index (κ2) is 6.83. The van der Waals surface area contributed by atoms with E-state index in [1.165, 1.54) is 0 Å². The molecule has 0 fully saturated rings. The van der Waals surface area contributed by atoms with Gasteiger partial charge in [-0.3, -0.25) is 4.79 Å². The average Bonchev–Trinajstić information content (AvgIpc) is 2.53. The molecule has 0 bridgehead atoms. The molecule has 2 aromatic rings. The monoisotopic (exact) mass is 284 g/mol. The number of rotatable bonds is 5. The maximum absolute atomic E-state index is 12.4. The standard InChI is InChI=1S/C16H20N4O/c1-4-11-17-15-10-9-14(18-19-15)16(21)20(3)13-7-5-12(2)6-8-13/h5-10H,4,11H2,1-3H3,(H,17,19). The van der Waals surface area contributed by atoms with Gasteiger partial charge in [0.2, 0.25) is 0 Å². The number of amides is 1. The number of nitrogens with zero attached hydrogens (tertiary/aromatic N) is 3. The summed E-state index contributed by atoms with van der Waals surface area (Å²) >= 11 is 0. The molecule has 5 heteroatoms. The SMILES string of the molecule is CCCNc1ccc(C(=O)N(C)c2ccc(C)cc2)nn1. The van der Waals surface area contributed by atoms with Crippen LogP contribution in [0.15, 0.2) is 36.4 Å². The average molecular weight is 284 g/mol. The molecule has 0 aliphatic carbocycles. The van der Waals surface area contributed by atoms with Gasteiger partial charge in [0, 0.05) is 19.3 Å². The number of aromatic nitrogens is 2. The maximum Gasteiger partial charge on any atom is 0.278 e. The Hall–Kier alpha value is -2.43. The van der Waals surface area contributed by atoms with Gasteiger partial charge in [-0.05, 0) is 37.6 Å². The third-order valence-corrected chi connectivity index (χ3v) is 3.17. The van der Waals surface area contributed by atoms with E-state index in [2.05, 4.69) is 22.4 Å². The summed E-state index contributed by atoms with van der Waals surface area (Å²) in [5.41, 5.74) is 2.33. The van der Waals surface area contributed by atoms with Gasteiger partial charge in [-0.15, -0.1) is 10.2 Å². The molecule has 1 amide bonds. The summed E-state index contributed by atoms with van der Waals surface area (Å²) in [5.74, 6) is 0.514. The van der Waals surface area contributed by atoms with Crippen molar-refractivity contribution >= 4 is 17.4 Å². The Morgan fingerprint density at radius 1 is 1.14 bits per heavy atom. The predicted octanol–water partition coefficient (Wildman–Crippen LogP) is 2.88. The highest BCUT2D eigenvalue weighted by molar-refractivity contribution is 6.04. The van der Waals surface area contributed by atoms with Crippen LogP contribution in [0.25, 0.3) is 0 Å². The van der Waals surface area contributed by atoms with Gasteiger partial charge in [-0.25, -0.2) is 0 Å². The van der Waals surface area contributed by atoms with Crippen LogP contribution in [0.2, 0.25) is 0 Å². The molecule has 21 heavy (non-hydrogen) atoms. The first kappa shape index (κ1) is 15.0. The van der Waals surface area contributed by atoms with E-state index in [9.17, 15) is 4.79 Å². The van der Waals surface area contributed by atoms with E-state index >= 15 is 0 Å². The highest BCUT2D eigenvalue weighted by Gasteiger charge is 2.15. The van der Waals surface area contributed by atoms with E-state index in [1.807, 2.05) is 31.2 Å². The van der Waals surface area contributed by atoms with Crippen LogP contribution in [0.5, 0.6) is 0 Å². The maximum atomic E-state index is 12.4. The Morgan fingerprint density at radius 3 is 2.43 bits per heavy atom. The highest BCUT2D eigenvalue weighted by Crippen LogP contribution is 2.15. The molecule has 110 valence electrons. The smallest absolute Gasteiger partial charge is 0.278 e. The van der Waals surface area contributed by atoms with Crippen LogP contribution in [0.4, 0.5) is 11.5 Å². The molecule has 0 saturated heterocycles. The molecule has 0 radical (unpaired) electrons.